The molecule has 0 aliphatic carbocycles. The summed E-state index contributed by atoms with van der Waals surface area (Å²) in [6, 6.07) is 5.10. The number of nitrogens with zero attached hydrogens (tertiary/aromatic N) is 1. The Morgan fingerprint density at radius 3 is 2.42 bits per heavy atom. The number of benzene rings is 1. The highest BCUT2D eigenvalue weighted by atomic mass is 32.2. The van der Waals surface area contributed by atoms with Gasteiger partial charge in [-0.25, -0.2) is 4.79 Å². The molecule has 0 radical (unpaired) electrons. The lowest BCUT2D eigenvalue weighted by molar-refractivity contribution is -0.119. The second-order valence-corrected chi connectivity index (χ2v) is 7.07. The van der Waals surface area contributed by atoms with Crippen molar-refractivity contribution in [3.05, 3.63) is 29.3 Å². The van der Waals surface area contributed by atoms with Crippen LogP contribution in [0.4, 0.5) is 10.5 Å². The lowest BCUT2D eigenvalue weighted by atomic mass is 10.1. The van der Waals surface area contributed by atoms with Crippen LogP contribution in [0.1, 0.15) is 31.4 Å². The van der Waals surface area contributed by atoms with Crippen molar-refractivity contribution in [3.63, 3.8) is 0 Å². The number of rotatable bonds is 6. The first-order valence-electron chi connectivity index (χ1n) is 7.97. The monoisotopic (exact) mass is 367 g/mol. The molecule has 0 heterocycles. The number of nitrogens with one attached hydrogen (secondary N) is 2. The smallest absolute Gasteiger partial charge is 0.325 e. The van der Waals surface area contributed by atoms with E-state index in [4.69, 9.17) is 12.2 Å². The van der Waals surface area contributed by atoms with Gasteiger partial charge in [0.2, 0.25) is 5.91 Å². The maximum absolute atomic E-state index is 11.8. The van der Waals surface area contributed by atoms with Crippen LogP contribution in [0.2, 0.25) is 0 Å². The average molecular weight is 368 g/mol. The highest BCUT2D eigenvalue weighted by molar-refractivity contribution is 8.22. The number of anilines is 1. The fourth-order valence-electron chi connectivity index (χ4n) is 1.97. The minimum atomic E-state index is -0.514. The quantitative estimate of drug-likeness (QED) is 0.751. The first-order valence-corrected chi connectivity index (χ1v) is 9.36. The predicted octanol–water partition coefficient (Wildman–Crippen LogP) is 3.70. The highest BCUT2D eigenvalue weighted by Gasteiger charge is 2.10. The summed E-state index contributed by atoms with van der Waals surface area (Å²) in [5.41, 5.74) is 2.90. The molecule has 0 bridgehead atoms. The van der Waals surface area contributed by atoms with Crippen molar-refractivity contribution in [2.45, 2.75) is 34.1 Å². The van der Waals surface area contributed by atoms with Crippen molar-refractivity contribution in [2.75, 3.05) is 24.2 Å². The van der Waals surface area contributed by atoms with Gasteiger partial charge in [-0.05, 0) is 51.0 Å². The maximum atomic E-state index is 11.8. The van der Waals surface area contributed by atoms with Crippen molar-refractivity contribution >= 4 is 45.9 Å². The molecule has 1 aromatic carbocycles. The second-order valence-electron chi connectivity index (χ2n) is 5.34. The number of carbonyl (C=O) groups excluding carboxylic acids is 2. The molecule has 5 nitrogen and oxygen atoms in total. The Labute approximate surface area is 153 Å². The number of aryl methyl sites for hydroxylation is 2. The van der Waals surface area contributed by atoms with Gasteiger partial charge in [0.15, 0.2) is 0 Å². The number of imide groups is 1. The fraction of sp³-hybridized carbons (Fsp3) is 0.471. The Morgan fingerprint density at radius 2 is 1.83 bits per heavy atom. The molecule has 2 N–H and O–H groups in total. The first kappa shape index (κ1) is 20.4. The Balaban J connectivity index is 2.35. The van der Waals surface area contributed by atoms with Crippen molar-refractivity contribution in [1.29, 1.82) is 0 Å². The summed E-state index contributed by atoms with van der Waals surface area (Å²) in [5.74, 6) is 0.240. The molecule has 0 saturated heterocycles. The van der Waals surface area contributed by atoms with Gasteiger partial charge in [0.25, 0.3) is 0 Å². The van der Waals surface area contributed by atoms with E-state index in [1.807, 2.05) is 45.9 Å². The van der Waals surface area contributed by atoms with Gasteiger partial charge in [0.1, 0.15) is 4.32 Å². The molecule has 0 aliphatic heterocycles. The molecule has 1 aromatic rings. The zero-order valence-corrected chi connectivity index (χ0v) is 16.3. The lowest BCUT2D eigenvalue weighted by Gasteiger charge is -2.20. The fourth-order valence-corrected chi connectivity index (χ4v) is 3.39. The third-order valence-electron chi connectivity index (χ3n) is 3.59. The molecular weight excluding hydrogens is 342 g/mol. The van der Waals surface area contributed by atoms with E-state index in [0.717, 1.165) is 28.5 Å². The van der Waals surface area contributed by atoms with Gasteiger partial charge < -0.3 is 10.2 Å². The SMILES string of the molecule is CCN(CC)C(=S)SCCC(=O)NC(=O)Nc1ccc(C)c(C)c1. The number of urea groups is 1. The zero-order valence-electron chi connectivity index (χ0n) is 14.6. The standard InChI is InChI=1S/C17H25N3O2S2/c1-5-20(6-2)17(23)24-10-9-15(21)19-16(22)18-14-8-7-12(3)13(4)11-14/h7-8,11H,5-6,9-10H2,1-4H3,(H2,18,19,21,22). The molecule has 132 valence electrons. The Hall–Kier alpha value is -1.60. The van der Waals surface area contributed by atoms with E-state index in [1.54, 1.807) is 0 Å². The molecule has 0 aromatic heterocycles. The van der Waals surface area contributed by atoms with E-state index >= 15 is 0 Å². The maximum Gasteiger partial charge on any atom is 0.325 e. The van der Waals surface area contributed by atoms with Crippen LogP contribution < -0.4 is 10.6 Å². The van der Waals surface area contributed by atoms with Gasteiger partial charge in [-0.2, -0.15) is 0 Å². The normalized spacial score (nSPS) is 10.2. The summed E-state index contributed by atoms with van der Waals surface area (Å²) < 4.78 is 0.785. The van der Waals surface area contributed by atoms with Gasteiger partial charge in [-0.3, -0.25) is 10.1 Å². The largest absolute Gasteiger partial charge is 0.358 e. The van der Waals surface area contributed by atoms with E-state index in [-0.39, 0.29) is 12.3 Å². The number of thioether (sulfide) groups is 1. The van der Waals surface area contributed by atoms with Gasteiger partial charge in [0, 0.05) is 31.0 Å². The molecule has 0 fully saturated rings. The van der Waals surface area contributed by atoms with Gasteiger partial charge in [-0.1, -0.05) is 30.0 Å². The summed E-state index contributed by atoms with van der Waals surface area (Å²) in [6.07, 6.45) is 0.242. The predicted molar refractivity (Wildman–Crippen MR) is 106 cm³/mol. The summed E-state index contributed by atoms with van der Waals surface area (Å²) in [6.45, 7) is 9.77. The summed E-state index contributed by atoms with van der Waals surface area (Å²) in [5, 5.41) is 5.00. The van der Waals surface area contributed by atoms with Crippen LogP contribution in [0.15, 0.2) is 18.2 Å². The van der Waals surface area contributed by atoms with Crippen LogP contribution in [-0.4, -0.2) is 40.0 Å². The van der Waals surface area contributed by atoms with E-state index in [1.165, 1.54) is 11.8 Å². The van der Waals surface area contributed by atoms with Gasteiger partial charge in [0.05, 0.1) is 0 Å². The Kier molecular flexibility index (Phi) is 8.78. The number of hydrogen-bond acceptors (Lipinski definition) is 4. The summed E-state index contributed by atoms with van der Waals surface area (Å²) in [7, 11) is 0. The molecule has 1 rings (SSSR count). The third-order valence-corrected chi connectivity index (χ3v) is 5.12. The minimum absolute atomic E-state index is 0.242. The minimum Gasteiger partial charge on any atom is -0.358 e. The number of hydrogen-bond donors (Lipinski definition) is 2. The number of thiocarbonyl (C=S) groups is 1. The van der Waals surface area contributed by atoms with Gasteiger partial charge in [-0.15, -0.1) is 0 Å². The molecule has 0 aliphatic rings. The zero-order chi connectivity index (χ0) is 18.1. The van der Waals surface area contributed by atoms with Crippen LogP contribution in [-0.2, 0) is 4.79 Å². The van der Waals surface area contributed by atoms with E-state index in [2.05, 4.69) is 15.5 Å². The Bertz CT molecular complexity index is 601. The van der Waals surface area contributed by atoms with Crippen molar-refractivity contribution in [3.8, 4) is 0 Å². The van der Waals surface area contributed by atoms with Crippen LogP contribution in [0.5, 0.6) is 0 Å². The van der Waals surface area contributed by atoms with E-state index in [9.17, 15) is 9.59 Å². The molecular formula is C17H25N3O2S2. The molecule has 3 amide bonds. The van der Waals surface area contributed by atoms with Crippen molar-refractivity contribution < 1.29 is 9.59 Å². The summed E-state index contributed by atoms with van der Waals surface area (Å²) >= 11 is 6.76. The molecule has 0 atom stereocenters. The first-order chi connectivity index (χ1) is 11.4. The van der Waals surface area contributed by atoms with Gasteiger partial charge >= 0.3 is 6.03 Å². The second kappa shape index (κ2) is 10.3. The topological polar surface area (TPSA) is 61.4 Å². The van der Waals surface area contributed by atoms with E-state index in [0.29, 0.717) is 11.4 Å². The van der Waals surface area contributed by atoms with E-state index < -0.39 is 6.03 Å². The third kappa shape index (κ3) is 6.88. The number of amides is 3. The van der Waals surface area contributed by atoms with Crippen LogP contribution >= 0.6 is 24.0 Å². The number of carbonyl (C=O) groups is 2. The van der Waals surface area contributed by atoms with Crippen molar-refractivity contribution in [2.24, 2.45) is 0 Å². The van der Waals surface area contributed by atoms with Crippen LogP contribution in [0.3, 0.4) is 0 Å². The molecule has 0 spiro atoms. The molecule has 24 heavy (non-hydrogen) atoms. The van der Waals surface area contributed by atoms with Crippen LogP contribution in [0, 0.1) is 13.8 Å². The average Bonchev–Trinajstić information content (AvgIpc) is 2.52. The van der Waals surface area contributed by atoms with Crippen molar-refractivity contribution in [1.82, 2.24) is 10.2 Å². The Morgan fingerprint density at radius 1 is 1.17 bits per heavy atom. The molecule has 0 unspecified atom stereocenters. The molecule has 7 heteroatoms. The highest BCUT2D eigenvalue weighted by Crippen LogP contribution is 2.14. The lowest BCUT2D eigenvalue weighted by Crippen LogP contribution is -2.34. The molecule has 0 saturated carbocycles. The summed E-state index contributed by atoms with van der Waals surface area (Å²) in [4.78, 5) is 25.7. The van der Waals surface area contributed by atoms with Crippen LogP contribution in [0.25, 0.3) is 0 Å².